The number of pyridine rings is 1. The Balaban J connectivity index is 1.39. The van der Waals surface area contributed by atoms with Crippen LogP contribution < -0.4 is 5.32 Å². The summed E-state index contributed by atoms with van der Waals surface area (Å²) < 4.78 is 27.8. The Morgan fingerprint density at radius 3 is 2.29 bits per heavy atom. The first kappa shape index (κ1) is 22.6. The molecule has 5 rings (SSSR count). The van der Waals surface area contributed by atoms with Crippen LogP contribution in [0.15, 0.2) is 77.8 Å². The van der Waals surface area contributed by atoms with Gasteiger partial charge in [0.25, 0.3) is 5.91 Å². The quantitative estimate of drug-likeness (QED) is 0.570. The average molecular weight is 477 g/mol. The number of hydrogen-bond acceptors (Lipinski definition) is 5. The molecule has 3 heterocycles. The Labute approximate surface area is 200 Å². The lowest BCUT2D eigenvalue weighted by Crippen LogP contribution is -2.32. The second-order valence-corrected chi connectivity index (χ2v) is 10.7. The van der Waals surface area contributed by atoms with Gasteiger partial charge in [0.2, 0.25) is 10.0 Å². The summed E-state index contributed by atoms with van der Waals surface area (Å²) >= 11 is 0. The topological polar surface area (TPSA) is 82.6 Å². The summed E-state index contributed by atoms with van der Waals surface area (Å²) in [7, 11) is -3.51. The second-order valence-electron chi connectivity index (χ2n) is 8.74. The van der Waals surface area contributed by atoms with Gasteiger partial charge in [-0.3, -0.25) is 9.78 Å². The van der Waals surface area contributed by atoms with Gasteiger partial charge in [-0.25, -0.2) is 8.42 Å². The number of fused-ring (bicyclic) bond motifs is 1. The molecular formula is C26H28N4O3S. The number of anilines is 1. The number of aromatic nitrogens is 1. The Morgan fingerprint density at radius 2 is 1.59 bits per heavy atom. The van der Waals surface area contributed by atoms with E-state index in [1.165, 1.54) is 0 Å². The van der Waals surface area contributed by atoms with E-state index < -0.39 is 16.2 Å². The van der Waals surface area contributed by atoms with Crippen LogP contribution in [0.2, 0.25) is 0 Å². The van der Waals surface area contributed by atoms with Crippen molar-refractivity contribution in [3.63, 3.8) is 0 Å². The molecule has 7 nitrogen and oxygen atoms in total. The van der Waals surface area contributed by atoms with E-state index in [-0.39, 0.29) is 5.91 Å². The number of nitrogens with zero attached hydrogens (tertiary/aromatic N) is 3. The van der Waals surface area contributed by atoms with E-state index in [9.17, 15) is 13.2 Å². The van der Waals surface area contributed by atoms with Gasteiger partial charge in [0.05, 0.1) is 16.2 Å². The number of benzene rings is 2. The lowest BCUT2D eigenvalue weighted by Gasteiger charge is -2.27. The summed E-state index contributed by atoms with van der Waals surface area (Å²) in [6.45, 7) is 1.59. The third kappa shape index (κ3) is 4.43. The lowest BCUT2D eigenvalue weighted by atomic mass is 10.2. The maximum absolute atomic E-state index is 13.2. The molecule has 3 aromatic rings. The maximum Gasteiger partial charge on any atom is 0.258 e. The molecular weight excluding hydrogens is 448 g/mol. The average Bonchev–Trinajstić information content (AvgIpc) is 3.05. The van der Waals surface area contributed by atoms with Crippen LogP contribution in [0.5, 0.6) is 0 Å². The van der Waals surface area contributed by atoms with Crippen molar-refractivity contribution in [2.45, 2.75) is 43.3 Å². The predicted molar refractivity (Wildman–Crippen MR) is 131 cm³/mol. The first-order valence-electron chi connectivity index (χ1n) is 11.7. The highest BCUT2D eigenvalue weighted by Crippen LogP contribution is 2.34. The highest BCUT2D eigenvalue weighted by atomic mass is 32.2. The molecule has 2 aliphatic heterocycles. The highest BCUT2D eigenvalue weighted by molar-refractivity contribution is 7.89. The fourth-order valence-electron chi connectivity index (χ4n) is 4.64. The largest absolute Gasteiger partial charge is 0.360 e. The van der Waals surface area contributed by atoms with Crippen molar-refractivity contribution in [1.29, 1.82) is 0 Å². The summed E-state index contributed by atoms with van der Waals surface area (Å²) in [5, 5.41) is 3.40. The first-order valence-corrected chi connectivity index (χ1v) is 13.1. The van der Waals surface area contributed by atoms with Gasteiger partial charge in [-0.2, -0.15) is 4.31 Å². The van der Waals surface area contributed by atoms with E-state index in [1.807, 2.05) is 30.3 Å². The third-order valence-electron chi connectivity index (χ3n) is 6.46. The number of carbonyl (C=O) groups is 1. The molecule has 1 aromatic heterocycles. The number of sulfonamides is 1. The molecule has 34 heavy (non-hydrogen) atoms. The molecule has 1 N–H and O–H groups in total. The predicted octanol–water partition coefficient (Wildman–Crippen LogP) is 4.41. The number of nitrogens with one attached hydrogen (secondary N) is 1. The third-order valence-corrected chi connectivity index (χ3v) is 8.37. The Morgan fingerprint density at radius 1 is 0.882 bits per heavy atom. The van der Waals surface area contributed by atoms with Gasteiger partial charge < -0.3 is 10.2 Å². The first-order chi connectivity index (χ1) is 16.5. The van der Waals surface area contributed by atoms with Crippen LogP contribution in [0.1, 0.15) is 53.5 Å². The van der Waals surface area contributed by atoms with Gasteiger partial charge in [0.15, 0.2) is 0 Å². The molecule has 0 saturated carbocycles. The monoisotopic (exact) mass is 476 g/mol. The van der Waals surface area contributed by atoms with Crippen molar-refractivity contribution in [3.8, 4) is 0 Å². The number of rotatable bonds is 6. The van der Waals surface area contributed by atoms with E-state index in [4.69, 9.17) is 0 Å². The summed E-state index contributed by atoms with van der Waals surface area (Å²) in [6, 6.07) is 20.2. The number of carbonyl (C=O) groups excluding carboxylic acids is 1. The summed E-state index contributed by atoms with van der Waals surface area (Å²) in [5.74, 6) is -0.0789. The van der Waals surface area contributed by atoms with Crippen LogP contribution in [0.3, 0.4) is 0 Å². The zero-order valence-corrected chi connectivity index (χ0v) is 19.7. The highest BCUT2D eigenvalue weighted by Gasteiger charge is 2.38. The van der Waals surface area contributed by atoms with Gasteiger partial charge in [-0.05, 0) is 54.8 Å². The van der Waals surface area contributed by atoms with Crippen molar-refractivity contribution in [2.24, 2.45) is 0 Å². The molecule has 8 heteroatoms. The van der Waals surface area contributed by atoms with E-state index in [2.05, 4.69) is 10.3 Å². The van der Waals surface area contributed by atoms with Gasteiger partial charge >= 0.3 is 0 Å². The molecule has 2 aromatic carbocycles. The van der Waals surface area contributed by atoms with Crippen LogP contribution >= 0.6 is 0 Å². The minimum Gasteiger partial charge on any atom is -0.360 e. The van der Waals surface area contributed by atoms with E-state index in [1.54, 1.807) is 51.8 Å². The molecule has 1 saturated heterocycles. The molecule has 0 aliphatic carbocycles. The van der Waals surface area contributed by atoms with Crippen LogP contribution in [0, 0.1) is 0 Å². The summed E-state index contributed by atoms with van der Waals surface area (Å²) in [5.41, 5.74) is 3.00. The van der Waals surface area contributed by atoms with E-state index in [0.29, 0.717) is 35.8 Å². The molecule has 0 radical (unpaired) electrons. The van der Waals surface area contributed by atoms with Crippen LogP contribution in [-0.4, -0.2) is 41.6 Å². The van der Waals surface area contributed by atoms with Crippen LogP contribution in [0.4, 0.5) is 5.69 Å². The lowest BCUT2D eigenvalue weighted by molar-refractivity contribution is 0.0727. The summed E-state index contributed by atoms with van der Waals surface area (Å²) in [4.78, 5) is 19.7. The maximum atomic E-state index is 13.2. The zero-order valence-electron chi connectivity index (χ0n) is 18.9. The van der Waals surface area contributed by atoms with Gasteiger partial charge in [0, 0.05) is 31.5 Å². The van der Waals surface area contributed by atoms with Gasteiger partial charge in [0.1, 0.15) is 6.17 Å². The standard InChI is InChI=1S/C26H28N4O3S/c31-26-23-11-8-16-27-24(23)25(30(26)19-20-9-4-3-5-10-20)28-21-12-14-22(15-13-21)34(32,33)29-17-6-1-2-7-18-29/h3-5,8-16,25,28H,1-2,6-7,17-19H2/t25-/m0/s1. The molecule has 0 bridgehead atoms. The molecule has 0 spiro atoms. The Kier molecular flexibility index (Phi) is 6.34. The van der Waals surface area contributed by atoms with E-state index in [0.717, 1.165) is 36.9 Å². The number of amides is 1. The smallest absolute Gasteiger partial charge is 0.258 e. The fraction of sp³-hybridized carbons (Fsp3) is 0.308. The summed E-state index contributed by atoms with van der Waals surface area (Å²) in [6.07, 6.45) is 5.19. The molecule has 0 unspecified atom stereocenters. The van der Waals surface area contributed by atoms with Crippen molar-refractivity contribution in [1.82, 2.24) is 14.2 Å². The van der Waals surface area contributed by atoms with E-state index >= 15 is 0 Å². The Hall–Kier alpha value is -3.23. The minimum atomic E-state index is -3.51. The van der Waals surface area contributed by atoms with Crippen molar-refractivity contribution < 1.29 is 13.2 Å². The molecule has 2 aliphatic rings. The second kappa shape index (κ2) is 9.56. The molecule has 1 amide bonds. The Bertz CT molecular complexity index is 1250. The van der Waals surface area contributed by atoms with Crippen LogP contribution in [0.25, 0.3) is 0 Å². The zero-order chi connectivity index (χ0) is 23.5. The van der Waals surface area contributed by atoms with Gasteiger partial charge in [-0.1, -0.05) is 43.2 Å². The van der Waals surface area contributed by atoms with Crippen molar-refractivity contribution in [3.05, 3.63) is 89.7 Å². The normalized spacial score (nSPS) is 19.0. The molecule has 1 fully saturated rings. The van der Waals surface area contributed by atoms with Crippen molar-refractivity contribution in [2.75, 3.05) is 18.4 Å². The van der Waals surface area contributed by atoms with Gasteiger partial charge in [-0.15, -0.1) is 0 Å². The molecule has 1 atom stereocenters. The van der Waals surface area contributed by atoms with Crippen molar-refractivity contribution >= 4 is 21.6 Å². The van der Waals surface area contributed by atoms with Crippen LogP contribution in [-0.2, 0) is 16.6 Å². The number of hydrogen-bond donors (Lipinski definition) is 1. The SMILES string of the molecule is O=C1c2cccnc2[C@@H](Nc2ccc(S(=O)(=O)N3CCCCCC3)cc2)N1Cc1ccccc1. The minimum absolute atomic E-state index is 0.0789. The fourth-order valence-corrected chi connectivity index (χ4v) is 6.15. The molecule has 176 valence electrons.